The van der Waals surface area contributed by atoms with Crippen molar-refractivity contribution in [3.63, 3.8) is 0 Å². The third-order valence-corrected chi connectivity index (χ3v) is 3.46. The van der Waals surface area contributed by atoms with Crippen LogP contribution in [-0.4, -0.2) is 21.4 Å². The van der Waals surface area contributed by atoms with E-state index in [9.17, 15) is 15.0 Å². The van der Waals surface area contributed by atoms with Crippen LogP contribution < -0.4 is 5.43 Å². The van der Waals surface area contributed by atoms with Gasteiger partial charge in [-0.15, -0.1) is 12.4 Å². The van der Waals surface area contributed by atoms with Crippen molar-refractivity contribution in [3.8, 4) is 5.75 Å². The molecule has 5 heteroatoms. The molecule has 2 aromatic rings. The van der Waals surface area contributed by atoms with Crippen LogP contribution in [-0.2, 0) is 12.8 Å². The van der Waals surface area contributed by atoms with Crippen LogP contribution in [0.1, 0.15) is 24.2 Å². The molecule has 0 saturated carbocycles. The molecule has 114 valence electrons. The molecule has 1 heterocycles. The number of halogens is 1. The van der Waals surface area contributed by atoms with E-state index < -0.39 is 0 Å². The first-order valence-electron chi connectivity index (χ1n) is 6.75. The first kappa shape index (κ1) is 17.3. The molecule has 0 fully saturated rings. The van der Waals surface area contributed by atoms with E-state index in [1.165, 1.54) is 6.07 Å². The van der Waals surface area contributed by atoms with Crippen molar-refractivity contribution in [2.45, 2.75) is 25.8 Å². The van der Waals surface area contributed by atoms with Crippen LogP contribution >= 0.6 is 12.4 Å². The van der Waals surface area contributed by atoms with Crippen LogP contribution in [0.25, 0.3) is 0 Å². The number of pyridine rings is 1. The summed E-state index contributed by atoms with van der Waals surface area (Å²) in [5.41, 5.74) is 1.29. The van der Waals surface area contributed by atoms with Gasteiger partial charge in [-0.2, -0.15) is 0 Å². The third-order valence-electron chi connectivity index (χ3n) is 3.46. The summed E-state index contributed by atoms with van der Waals surface area (Å²) in [5, 5.41) is 19.5. The van der Waals surface area contributed by atoms with Crippen molar-refractivity contribution >= 4 is 12.4 Å². The van der Waals surface area contributed by atoms with Crippen molar-refractivity contribution in [2.75, 3.05) is 6.61 Å². The molecule has 0 radical (unpaired) electrons. The van der Waals surface area contributed by atoms with Gasteiger partial charge >= 0.3 is 0 Å². The number of benzene rings is 1. The molecule has 4 nitrogen and oxygen atoms in total. The van der Waals surface area contributed by atoms with Gasteiger partial charge in [0.05, 0.1) is 18.3 Å². The van der Waals surface area contributed by atoms with Crippen molar-refractivity contribution in [1.82, 2.24) is 4.57 Å². The number of nitrogens with zero attached hydrogens (tertiary/aromatic N) is 1. The summed E-state index contributed by atoms with van der Waals surface area (Å²) in [6.07, 6.45) is 2.82. The van der Waals surface area contributed by atoms with Crippen LogP contribution in [0.3, 0.4) is 0 Å². The van der Waals surface area contributed by atoms with E-state index in [-0.39, 0.29) is 36.2 Å². The highest BCUT2D eigenvalue weighted by molar-refractivity contribution is 5.85. The van der Waals surface area contributed by atoms with Gasteiger partial charge in [0.15, 0.2) is 5.75 Å². The first-order chi connectivity index (χ1) is 9.67. The van der Waals surface area contributed by atoms with Crippen molar-refractivity contribution in [2.24, 2.45) is 0 Å². The van der Waals surface area contributed by atoms with Gasteiger partial charge in [-0.3, -0.25) is 4.79 Å². The molecule has 2 rings (SSSR count). The molecular formula is C16H20ClNO3. The molecule has 0 amide bonds. The zero-order valence-electron chi connectivity index (χ0n) is 11.9. The maximum absolute atomic E-state index is 11.5. The summed E-state index contributed by atoms with van der Waals surface area (Å²) in [6, 6.07) is 11.0. The number of aliphatic hydroxyl groups excluding tert-OH is 1. The third kappa shape index (κ3) is 3.86. The van der Waals surface area contributed by atoms with Gasteiger partial charge < -0.3 is 14.8 Å². The van der Waals surface area contributed by atoms with Crippen LogP contribution in [0.4, 0.5) is 0 Å². The van der Waals surface area contributed by atoms with E-state index in [2.05, 4.69) is 0 Å². The Bertz CT molecular complexity index is 625. The molecule has 0 aliphatic rings. The highest BCUT2D eigenvalue weighted by atomic mass is 35.5. The molecular weight excluding hydrogens is 290 g/mol. The summed E-state index contributed by atoms with van der Waals surface area (Å²) in [7, 11) is 0. The van der Waals surface area contributed by atoms with E-state index in [0.29, 0.717) is 18.5 Å². The second kappa shape index (κ2) is 7.86. The van der Waals surface area contributed by atoms with Crippen LogP contribution in [0.2, 0.25) is 0 Å². The summed E-state index contributed by atoms with van der Waals surface area (Å²) in [4.78, 5) is 11.5. The monoisotopic (exact) mass is 309 g/mol. The number of hydrogen-bond acceptors (Lipinski definition) is 3. The molecule has 0 spiro atoms. The molecule has 0 unspecified atom stereocenters. The lowest BCUT2D eigenvalue weighted by atomic mass is 10.1. The minimum atomic E-state index is -0.380. The number of aromatic nitrogens is 1. The second-order valence-electron chi connectivity index (χ2n) is 4.76. The van der Waals surface area contributed by atoms with E-state index in [4.69, 9.17) is 0 Å². The topological polar surface area (TPSA) is 62.5 Å². The van der Waals surface area contributed by atoms with Crippen molar-refractivity contribution in [1.29, 1.82) is 0 Å². The van der Waals surface area contributed by atoms with Crippen LogP contribution in [0, 0.1) is 0 Å². The summed E-state index contributed by atoms with van der Waals surface area (Å²) in [6.45, 7) is 1.83. The van der Waals surface area contributed by atoms with Gasteiger partial charge in [0, 0.05) is 12.3 Å². The molecule has 0 aliphatic heterocycles. The Morgan fingerprint density at radius 2 is 1.86 bits per heavy atom. The maximum Gasteiger partial charge on any atom is 0.223 e. The molecule has 21 heavy (non-hydrogen) atoms. The van der Waals surface area contributed by atoms with Gasteiger partial charge in [-0.1, -0.05) is 37.3 Å². The lowest BCUT2D eigenvalue weighted by Gasteiger charge is -2.22. The molecule has 0 saturated heterocycles. The fourth-order valence-electron chi connectivity index (χ4n) is 2.41. The lowest BCUT2D eigenvalue weighted by molar-refractivity contribution is 0.223. The normalized spacial score (nSPS) is 11.7. The molecule has 0 aliphatic carbocycles. The Labute approximate surface area is 130 Å². The Kier molecular flexibility index (Phi) is 6.46. The average molecular weight is 310 g/mol. The van der Waals surface area contributed by atoms with E-state index >= 15 is 0 Å². The Morgan fingerprint density at radius 3 is 2.43 bits per heavy atom. The summed E-state index contributed by atoms with van der Waals surface area (Å²) < 4.78 is 1.80. The van der Waals surface area contributed by atoms with Crippen LogP contribution in [0.15, 0.2) is 47.4 Å². The smallest absolute Gasteiger partial charge is 0.223 e. The van der Waals surface area contributed by atoms with Crippen LogP contribution in [0.5, 0.6) is 5.75 Å². The minimum Gasteiger partial charge on any atom is -0.503 e. The summed E-state index contributed by atoms with van der Waals surface area (Å²) in [5.74, 6) is -0.221. The maximum atomic E-state index is 11.5. The average Bonchev–Trinajstić information content (AvgIpc) is 2.48. The van der Waals surface area contributed by atoms with E-state index in [1.807, 2.05) is 37.3 Å². The fraction of sp³-hybridized carbons (Fsp3) is 0.312. The second-order valence-corrected chi connectivity index (χ2v) is 4.76. The van der Waals surface area contributed by atoms with Gasteiger partial charge in [0.2, 0.25) is 5.43 Å². The standard InChI is InChI=1S/C16H19NO3.ClH/c1-2-14-16(20)15(19)8-9-17(14)13(11-18)10-12-6-4-3-5-7-12;/h3-9,13,18,20H,2,10-11H2,1H3;1H/t13-;/m1./s1. The number of aliphatic hydroxyl groups is 1. The zero-order valence-corrected chi connectivity index (χ0v) is 12.7. The molecule has 0 bridgehead atoms. The molecule has 1 aromatic carbocycles. The van der Waals surface area contributed by atoms with Gasteiger partial charge in [0.25, 0.3) is 0 Å². The quantitative estimate of drug-likeness (QED) is 0.891. The number of aromatic hydroxyl groups is 1. The molecule has 1 aromatic heterocycles. The highest BCUT2D eigenvalue weighted by Crippen LogP contribution is 2.20. The van der Waals surface area contributed by atoms with Gasteiger partial charge in [-0.05, 0) is 18.4 Å². The number of rotatable bonds is 5. The Hall–Kier alpha value is -1.78. The van der Waals surface area contributed by atoms with Crippen molar-refractivity contribution < 1.29 is 10.2 Å². The Balaban J connectivity index is 0.00000220. The number of hydrogen-bond donors (Lipinski definition) is 2. The Morgan fingerprint density at radius 1 is 1.19 bits per heavy atom. The predicted octanol–water partition coefficient (Wildman–Crippen LogP) is 2.31. The summed E-state index contributed by atoms with van der Waals surface area (Å²) >= 11 is 0. The van der Waals surface area contributed by atoms with E-state index in [1.54, 1.807) is 10.8 Å². The van der Waals surface area contributed by atoms with Gasteiger partial charge in [-0.25, -0.2) is 0 Å². The van der Waals surface area contributed by atoms with Crippen molar-refractivity contribution in [3.05, 3.63) is 64.1 Å². The highest BCUT2D eigenvalue weighted by Gasteiger charge is 2.16. The largest absolute Gasteiger partial charge is 0.503 e. The molecule has 1 atom stereocenters. The minimum absolute atomic E-state index is 0. The predicted molar refractivity (Wildman–Crippen MR) is 85.3 cm³/mol. The zero-order chi connectivity index (χ0) is 14.5. The molecule has 2 N–H and O–H groups in total. The lowest BCUT2D eigenvalue weighted by Crippen LogP contribution is -2.21. The SMILES string of the molecule is CCc1c(O)c(=O)ccn1[C@@H](CO)Cc1ccccc1.Cl. The first-order valence-corrected chi connectivity index (χ1v) is 6.75. The van der Waals surface area contributed by atoms with E-state index in [0.717, 1.165) is 5.56 Å². The van der Waals surface area contributed by atoms with Gasteiger partial charge in [0.1, 0.15) is 0 Å². The fourth-order valence-corrected chi connectivity index (χ4v) is 2.41.